The van der Waals surface area contributed by atoms with E-state index in [1.165, 1.54) is 18.2 Å². The van der Waals surface area contributed by atoms with E-state index in [1.54, 1.807) is 0 Å². The zero-order chi connectivity index (χ0) is 25.1. The minimum atomic E-state index is 0.0235. The monoisotopic (exact) mass is 517 g/mol. The third-order valence-electron chi connectivity index (χ3n) is 6.74. The number of benzene rings is 2. The van der Waals surface area contributed by atoms with Crippen molar-refractivity contribution in [1.82, 2.24) is 14.7 Å². The minimum absolute atomic E-state index is 0.0235. The predicted molar refractivity (Wildman–Crippen MR) is 151 cm³/mol. The molecule has 5 rings (SSSR count). The van der Waals surface area contributed by atoms with E-state index in [1.807, 2.05) is 58.3 Å². The summed E-state index contributed by atoms with van der Waals surface area (Å²) in [7, 11) is 0. The van der Waals surface area contributed by atoms with Gasteiger partial charge in [-0.15, -0.1) is 0 Å². The summed E-state index contributed by atoms with van der Waals surface area (Å²) in [6.45, 7) is 4.86. The molecular formula is C29H31N3O2S2. The number of amides is 1. The molecular weight excluding hydrogens is 486 g/mol. The number of para-hydroxylation sites is 1. The molecule has 1 amide bonds. The Balaban J connectivity index is 1.53. The van der Waals surface area contributed by atoms with Gasteiger partial charge < -0.3 is 4.74 Å². The lowest BCUT2D eigenvalue weighted by Crippen LogP contribution is -2.39. The van der Waals surface area contributed by atoms with Crippen LogP contribution in [0.15, 0.2) is 59.6 Å². The number of carbonyl (C=O) groups excluding carboxylic acids is 1. The van der Waals surface area contributed by atoms with Gasteiger partial charge in [0.2, 0.25) is 0 Å². The van der Waals surface area contributed by atoms with Crippen molar-refractivity contribution in [3.8, 4) is 22.7 Å². The van der Waals surface area contributed by atoms with E-state index in [2.05, 4.69) is 26.0 Å². The molecule has 186 valence electrons. The molecule has 36 heavy (non-hydrogen) atoms. The molecule has 0 spiro atoms. The van der Waals surface area contributed by atoms with E-state index in [-0.39, 0.29) is 11.9 Å². The Hall–Kier alpha value is -2.90. The van der Waals surface area contributed by atoms with Crippen molar-refractivity contribution in [2.75, 3.05) is 6.61 Å². The molecule has 2 heterocycles. The summed E-state index contributed by atoms with van der Waals surface area (Å²) in [6, 6.07) is 16.4. The van der Waals surface area contributed by atoms with Crippen molar-refractivity contribution in [1.29, 1.82) is 0 Å². The van der Waals surface area contributed by atoms with Gasteiger partial charge in [-0.2, -0.15) is 5.10 Å². The largest absolute Gasteiger partial charge is 0.494 e. The van der Waals surface area contributed by atoms with Crippen molar-refractivity contribution in [2.24, 2.45) is 0 Å². The van der Waals surface area contributed by atoms with Gasteiger partial charge in [-0.25, -0.2) is 4.68 Å². The quantitative estimate of drug-likeness (QED) is 0.246. The Morgan fingerprint density at radius 2 is 1.92 bits per heavy atom. The van der Waals surface area contributed by atoms with Crippen LogP contribution in [0, 0.1) is 6.92 Å². The summed E-state index contributed by atoms with van der Waals surface area (Å²) in [5, 5.41) is 4.96. The SMILES string of the molecule is CCCOc1ccc(-c2nn(-c3ccccc3)cc2/C=C2\SC(=S)N(C3CCCCC3)C2=O)c(C)c1. The van der Waals surface area contributed by atoms with Crippen molar-refractivity contribution in [3.05, 3.63) is 70.8 Å². The van der Waals surface area contributed by atoms with Gasteiger partial charge in [-0.05, 0) is 68.2 Å². The van der Waals surface area contributed by atoms with Crippen molar-refractivity contribution in [2.45, 2.75) is 58.4 Å². The van der Waals surface area contributed by atoms with Gasteiger partial charge in [-0.3, -0.25) is 9.69 Å². The normalized spacial score (nSPS) is 17.8. The fourth-order valence-electron chi connectivity index (χ4n) is 4.90. The molecule has 1 aliphatic carbocycles. The standard InChI is InChI=1S/C29H31N3O2S2/c1-3-16-34-24-14-15-25(20(2)17-24)27-21(19-31(30-27)22-10-6-4-7-11-22)18-26-28(33)32(29(35)36-26)23-12-8-5-9-13-23/h4,6-7,10-11,14-15,17-19,23H,3,5,8-9,12-13,16H2,1-2H3/b26-18-. The lowest BCUT2D eigenvalue weighted by Gasteiger charge is -2.29. The van der Waals surface area contributed by atoms with Crippen LogP contribution < -0.4 is 4.74 Å². The third-order valence-corrected chi connectivity index (χ3v) is 8.07. The Kier molecular flexibility index (Phi) is 7.58. The highest BCUT2D eigenvalue weighted by molar-refractivity contribution is 8.26. The zero-order valence-corrected chi connectivity index (χ0v) is 22.4. The van der Waals surface area contributed by atoms with Gasteiger partial charge in [0.05, 0.1) is 17.2 Å². The van der Waals surface area contributed by atoms with E-state index in [0.29, 0.717) is 15.8 Å². The number of ether oxygens (including phenoxy) is 1. The highest BCUT2D eigenvalue weighted by atomic mass is 32.2. The highest BCUT2D eigenvalue weighted by Crippen LogP contribution is 2.39. The van der Waals surface area contributed by atoms with Gasteiger partial charge in [0.15, 0.2) is 0 Å². The summed E-state index contributed by atoms with van der Waals surface area (Å²) in [6.07, 6.45) is 10.5. The third kappa shape index (κ3) is 5.13. The highest BCUT2D eigenvalue weighted by Gasteiger charge is 2.37. The maximum atomic E-state index is 13.5. The first-order valence-electron chi connectivity index (χ1n) is 12.7. The van der Waals surface area contributed by atoms with Crippen molar-refractivity contribution >= 4 is 40.3 Å². The van der Waals surface area contributed by atoms with Crippen molar-refractivity contribution < 1.29 is 9.53 Å². The molecule has 1 saturated heterocycles. The average Bonchev–Trinajstić information content (AvgIpc) is 3.44. The van der Waals surface area contributed by atoms with E-state index in [4.69, 9.17) is 22.1 Å². The lowest BCUT2D eigenvalue weighted by atomic mass is 9.94. The van der Waals surface area contributed by atoms with Crippen LogP contribution in [0.3, 0.4) is 0 Å². The summed E-state index contributed by atoms with van der Waals surface area (Å²) in [5.74, 6) is 0.880. The summed E-state index contributed by atoms with van der Waals surface area (Å²) in [5.41, 5.74) is 4.79. The van der Waals surface area contributed by atoms with Crippen LogP contribution in [0.25, 0.3) is 23.0 Å². The fraction of sp³-hybridized carbons (Fsp3) is 0.345. The Morgan fingerprint density at radius 1 is 1.14 bits per heavy atom. The van der Waals surface area contributed by atoms with E-state index in [0.717, 1.165) is 65.9 Å². The second kappa shape index (κ2) is 11.0. The molecule has 2 fully saturated rings. The summed E-state index contributed by atoms with van der Waals surface area (Å²) in [4.78, 5) is 16.0. The van der Waals surface area contributed by atoms with E-state index >= 15 is 0 Å². The topological polar surface area (TPSA) is 47.4 Å². The fourth-order valence-corrected chi connectivity index (χ4v) is 6.29. The molecule has 0 unspecified atom stereocenters. The molecule has 7 heteroatoms. The molecule has 0 N–H and O–H groups in total. The number of thiocarbonyl (C=S) groups is 1. The molecule has 1 saturated carbocycles. The van der Waals surface area contributed by atoms with Crippen LogP contribution >= 0.6 is 24.0 Å². The van der Waals surface area contributed by atoms with Crippen molar-refractivity contribution in [3.63, 3.8) is 0 Å². The van der Waals surface area contributed by atoms with Crippen LogP contribution in [-0.4, -0.2) is 37.6 Å². The van der Waals surface area contributed by atoms with Crippen LogP contribution in [0.5, 0.6) is 5.75 Å². The first-order valence-corrected chi connectivity index (χ1v) is 13.9. The molecule has 0 radical (unpaired) electrons. The van der Waals surface area contributed by atoms with E-state index in [9.17, 15) is 4.79 Å². The average molecular weight is 518 g/mol. The second-order valence-electron chi connectivity index (χ2n) is 9.38. The van der Waals surface area contributed by atoms with Gasteiger partial charge in [0.1, 0.15) is 15.8 Å². The number of hydrogen-bond acceptors (Lipinski definition) is 5. The first kappa shape index (κ1) is 24.8. The van der Waals surface area contributed by atoms with Gasteiger partial charge >= 0.3 is 0 Å². The number of hydrogen-bond donors (Lipinski definition) is 0. The molecule has 1 aromatic heterocycles. The molecule has 3 aromatic rings. The van der Waals surface area contributed by atoms with Gasteiger partial charge in [-0.1, -0.05) is 68.4 Å². The van der Waals surface area contributed by atoms with Gasteiger partial charge in [0, 0.05) is 23.4 Å². The Morgan fingerprint density at radius 3 is 2.64 bits per heavy atom. The summed E-state index contributed by atoms with van der Waals surface area (Å²) < 4.78 is 8.38. The van der Waals surface area contributed by atoms with Crippen LogP contribution in [0.4, 0.5) is 0 Å². The van der Waals surface area contributed by atoms with E-state index < -0.39 is 0 Å². The molecule has 5 nitrogen and oxygen atoms in total. The molecule has 2 aromatic carbocycles. The second-order valence-corrected chi connectivity index (χ2v) is 11.1. The predicted octanol–water partition coefficient (Wildman–Crippen LogP) is 7.17. The zero-order valence-electron chi connectivity index (χ0n) is 20.8. The lowest BCUT2D eigenvalue weighted by molar-refractivity contribution is -0.124. The maximum Gasteiger partial charge on any atom is 0.266 e. The van der Waals surface area contributed by atoms with Gasteiger partial charge in [0.25, 0.3) is 5.91 Å². The smallest absolute Gasteiger partial charge is 0.266 e. The number of rotatable bonds is 7. The van der Waals surface area contributed by atoms with Crippen LogP contribution in [0.2, 0.25) is 0 Å². The summed E-state index contributed by atoms with van der Waals surface area (Å²) >= 11 is 7.07. The Bertz CT molecular complexity index is 1290. The first-order chi connectivity index (χ1) is 17.5. The minimum Gasteiger partial charge on any atom is -0.494 e. The molecule has 1 aliphatic heterocycles. The number of aryl methyl sites for hydroxylation is 1. The maximum absolute atomic E-state index is 13.5. The van der Waals surface area contributed by atoms with Crippen LogP contribution in [-0.2, 0) is 4.79 Å². The Labute approximate surface area is 222 Å². The number of nitrogens with zero attached hydrogens (tertiary/aromatic N) is 3. The molecule has 0 bridgehead atoms. The number of aromatic nitrogens is 2. The van der Waals surface area contributed by atoms with Crippen LogP contribution in [0.1, 0.15) is 56.6 Å². The molecule has 0 atom stereocenters. The molecule has 2 aliphatic rings. The number of carbonyl (C=O) groups is 1. The number of thioether (sulfide) groups is 1.